The van der Waals surface area contributed by atoms with Gasteiger partial charge in [-0.15, -0.1) is 0 Å². The molecular weight excluding hydrogens is 222 g/mol. The molecule has 0 fully saturated rings. The van der Waals surface area contributed by atoms with Crippen LogP contribution in [0.15, 0.2) is 60.7 Å². The molecule has 0 aliphatic rings. The van der Waals surface area contributed by atoms with Crippen LogP contribution in [0.4, 0.5) is 0 Å². The maximum absolute atomic E-state index is 5.72. The lowest BCUT2D eigenvalue weighted by atomic mass is 10.0. The lowest BCUT2D eigenvalue weighted by Crippen LogP contribution is -2.18. The Morgan fingerprint density at radius 1 is 0.944 bits per heavy atom. The molecule has 2 heteroatoms. The third-order valence-corrected chi connectivity index (χ3v) is 2.97. The van der Waals surface area contributed by atoms with E-state index in [4.69, 9.17) is 4.74 Å². The lowest BCUT2D eigenvalue weighted by molar-refractivity contribution is 0.290. The summed E-state index contributed by atoms with van der Waals surface area (Å²) in [6.45, 7) is 0.713. The molecule has 18 heavy (non-hydrogen) atoms. The van der Waals surface area contributed by atoms with E-state index in [2.05, 4.69) is 29.6 Å². The molecule has 2 aromatic rings. The second-order valence-corrected chi connectivity index (χ2v) is 4.20. The molecule has 2 nitrogen and oxygen atoms in total. The summed E-state index contributed by atoms with van der Waals surface area (Å²) in [5.41, 5.74) is 1.30. The summed E-state index contributed by atoms with van der Waals surface area (Å²) in [5.74, 6) is 0.931. The van der Waals surface area contributed by atoms with Crippen LogP contribution in [0, 0.1) is 0 Å². The Labute approximate surface area is 109 Å². The first-order valence-electron chi connectivity index (χ1n) is 6.30. The predicted octanol–water partition coefficient (Wildman–Crippen LogP) is 3.42. The smallest absolute Gasteiger partial charge is 0.119 e. The van der Waals surface area contributed by atoms with Gasteiger partial charge in [0.2, 0.25) is 0 Å². The highest BCUT2D eigenvalue weighted by molar-refractivity contribution is 5.21. The fraction of sp³-hybridized carbons (Fsp3) is 0.250. The number of hydrogen-bond acceptors (Lipinski definition) is 2. The molecule has 94 valence electrons. The second-order valence-electron chi connectivity index (χ2n) is 4.20. The molecule has 0 aliphatic carbocycles. The van der Waals surface area contributed by atoms with Crippen LogP contribution in [-0.2, 0) is 0 Å². The Kier molecular flexibility index (Phi) is 4.79. The largest absolute Gasteiger partial charge is 0.494 e. The van der Waals surface area contributed by atoms with Gasteiger partial charge in [0.1, 0.15) is 5.75 Å². The van der Waals surface area contributed by atoms with Crippen molar-refractivity contribution in [2.45, 2.75) is 12.5 Å². The first kappa shape index (κ1) is 12.7. The summed E-state index contributed by atoms with van der Waals surface area (Å²) in [7, 11) is 1.99. The van der Waals surface area contributed by atoms with Crippen LogP contribution in [0.5, 0.6) is 5.75 Å². The molecule has 1 atom stereocenters. The molecule has 1 unspecified atom stereocenters. The predicted molar refractivity (Wildman–Crippen MR) is 74.8 cm³/mol. The van der Waals surface area contributed by atoms with Gasteiger partial charge >= 0.3 is 0 Å². The molecule has 2 aromatic carbocycles. The van der Waals surface area contributed by atoms with Gasteiger partial charge in [-0.2, -0.15) is 0 Å². The van der Waals surface area contributed by atoms with E-state index in [0.717, 1.165) is 12.2 Å². The topological polar surface area (TPSA) is 21.3 Å². The number of benzene rings is 2. The summed E-state index contributed by atoms with van der Waals surface area (Å²) in [6, 6.07) is 20.7. The van der Waals surface area contributed by atoms with Crippen molar-refractivity contribution < 1.29 is 4.74 Å². The van der Waals surface area contributed by atoms with Crippen molar-refractivity contribution in [3.05, 3.63) is 66.2 Å². The standard InChI is InChI=1S/C16H19NO/c1-17-16(14-8-4-2-5-9-14)12-13-18-15-10-6-3-7-11-15/h2-11,16-17H,12-13H2,1H3. The zero-order chi connectivity index (χ0) is 12.6. The van der Waals surface area contributed by atoms with Crippen LogP contribution < -0.4 is 10.1 Å². The van der Waals surface area contributed by atoms with E-state index in [-0.39, 0.29) is 0 Å². The van der Waals surface area contributed by atoms with Crippen molar-refractivity contribution in [1.82, 2.24) is 5.32 Å². The molecule has 0 bridgehead atoms. The number of ether oxygens (including phenoxy) is 1. The molecule has 2 rings (SSSR count). The van der Waals surface area contributed by atoms with E-state index in [0.29, 0.717) is 12.6 Å². The zero-order valence-electron chi connectivity index (χ0n) is 10.7. The molecule has 0 radical (unpaired) electrons. The third kappa shape index (κ3) is 3.60. The van der Waals surface area contributed by atoms with Crippen LogP contribution in [0.2, 0.25) is 0 Å². The minimum absolute atomic E-state index is 0.343. The Morgan fingerprint density at radius 2 is 1.56 bits per heavy atom. The van der Waals surface area contributed by atoms with Crippen molar-refractivity contribution in [1.29, 1.82) is 0 Å². The highest BCUT2D eigenvalue weighted by atomic mass is 16.5. The Bertz CT molecular complexity index is 441. The highest BCUT2D eigenvalue weighted by Crippen LogP contribution is 2.17. The molecule has 0 saturated heterocycles. The SMILES string of the molecule is CNC(CCOc1ccccc1)c1ccccc1. The first-order valence-corrected chi connectivity index (χ1v) is 6.30. The number of nitrogens with one attached hydrogen (secondary N) is 1. The highest BCUT2D eigenvalue weighted by Gasteiger charge is 2.08. The summed E-state index contributed by atoms with van der Waals surface area (Å²) < 4.78 is 5.72. The van der Waals surface area contributed by atoms with E-state index < -0.39 is 0 Å². The molecule has 0 spiro atoms. The minimum atomic E-state index is 0.343. The zero-order valence-corrected chi connectivity index (χ0v) is 10.7. The van der Waals surface area contributed by atoms with Gasteiger partial charge in [0.05, 0.1) is 6.61 Å². The van der Waals surface area contributed by atoms with Gasteiger partial charge in [-0.1, -0.05) is 48.5 Å². The summed E-state index contributed by atoms with van der Waals surface area (Å²) in [5, 5.41) is 3.32. The number of rotatable bonds is 6. The van der Waals surface area contributed by atoms with E-state index in [1.165, 1.54) is 5.56 Å². The van der Waals surface area contributed by atoms with E-state index in [1.54, 1.807) is 0 Å². The van der Waals surface area contributed by atoms with Crippen LogP contribution >= 0.6 is 0 Å². The van der Waals surface area contributed by atoms with Gasteiger partial charge in [-0.3, -0.25) is 0 Å². The van der Waals surface area contributed by atoms with E-state index >= 15 is 0 Å². The molecule has 1 N–H and O–H groups in total. The molecule has 0 saturated carbocycles. The third-order valence-electron chi connectivity index (χ3n) is 2.97. The monoisotopic (exact) mass is 241 g/mol. The quantitative estimate of drug-likeness (QED) is 0.836. The van der Waals surface area contributed by atoms with Crippen molar-refractivity contribution in [2.75, 3.05) is 13.7 Å². The van der Waals surface area contributed by atoms with Crippen molar-refractivity contribution in [3.8, 4) is 5.75 Å². The van der Waals surface area contributed by atoms with Gasteiger partial charge in [0.25, 0.3) is 0 Å². The molecule has 0 aliphatic heterocycles. The van der Waals surface area contributed by atoms with Gasteiger partial charge in [0, 0.05) is 12.5 Å². The minimum Gasteiger partial charge on any atom is -0.494 e. The maximum atomic E-state index is 5.72. The van der Waals surface area contributed by atoms with Crippen LogP contribution in [0.25, 0.3) is 0 Å². The Morgan fingerprint density at radius 3 is 2.17 bits per heavy atom. The molecule has 0 amide bonds. The summed E-state index contributed by atoms with van der Waals surface area (Å²) in [4.78, 5) is 0. The second kappa shape index (κ2) is 6.82. The molecule has 0 aromatic heterocycles. The fourth-order valence-electron chi connectivity index (χ4n) is 1.97. The van der Waals surface area contributed by atoms with Gasteiger partial charge in [-0.05, 0) is 24.7 Å². The van der Waals surface area contributed by atoms with Gasteiger partial charge in [-0.25, -0.2) is 0 Å². The summed E-state index contributed by atoms with van der Waals surface area (Å²) >= 11 is 0. The van der Waals surface area contributed by atoms with Crippen molar-refractivity contribution in [3.63, 3.8) is 0 Å². The van der Waals surface area contributed by atoms with E-state index in [9.17, 15) is 0 Å². The Balaban J connectivity index is 1.85. The van der Waals surface area contributed by atoms with Crippen LogP contribution in [0.1, 0.15) is 18.0 Å². The summed E-state index contributed by atoms with van der Waals surface area (Å²) in [6.07, 6.45) is 0.954. The van der Waals surface area contributed by atoms with Gasteiger partial charge in [0.15, 0.2) is 0 Å². The number of para-hydroxylation sites is 1. The lowest BCUT2D eigenvalue weighted by Gasteiger charge is -2.16. The molecular formula is C16H19NO. The average molecular weight is 241 g/mol. The molecule has 0 heterocycles. The van der Waals surface area contributed by atoms with Crippen LogP contribution in [-0.4, -0.2) is 13.7 Å². The Hall–Kier alpha value is -1.80. The number of hydrogen-bond donors (Lipinski definition) is 1. The van der Waals surface area contributed by atoms with Crippen molar-refractivity contribution in [2.24, 2.45) is 0 Å². The normalized spacial score (nSPS) is 12.1. The van der Waals surface area contributed by atoms with Crippen LogP contribution in [0.3, 0.4) is 0 Å². The first-order chi connectivity index (χ1) is 8.90. The van der Waals surface area contributed by atoms with Crippen molar-refractivity contribution >= 4 is 0 Å². The van der Waals surface area contributed by atoms with Gasteiger partial charge < -0.3 is 10.1 Å². The fourth-order valence-corrected chi connectivity index (χ4v) is 1.97. The maximum Gasteiger partial charge on any atom is 0.119 e. The average Bonchev–Trinajstić information content (AvgIpc) is 2.46. The van der Waals surface area contributed by atoms with E-state index in [1.807, 2.05) is 43.4 Å².